The van der Waals surface area contributed by atoms with E-state index in [-0.39, 0.29) is 6.10 Å². The van der Waals surface area contributed by atoms with Gasteiger partial charge in [-0.1, -0.05) is 11.3 Å². The van der Waals surface area contributed by atoms with Crippen molar-refractivity contribution >= 4 is 16.5 Å². The molecule has 1 aliphatic rings. The Balaban J connectivity index is 1.77. The van der Waals surface area contributed by atoms with Gasteiger partial charge in [0.15, 0.2) is 5.13 Å². The molecule has 1 unspecified atom stereocenters. The number of halogens is 3. The van der Waals surface area contributed by atoms with Gasteiger partial charge in [0.2, 0.25) is 0 Å². The molecule has 1 N–H and O–H groups in total. The summed E-state index contributed by atoms with van der Waals surface area (Å²) in [5, 5.41) is 3.21. The van der Waals surface area contributed by atoms with Crippen LogP contribution in [0.15, 0.2) is 6.20 Å². The number of ether oxygens (including phenoxy) is 1. The molecule has 17 heavy (non-hydrogen) atoms. The molecule has 0 saturated carbocycles. The molecule has 0 aliphatic carbocycles. The lowest BCUT2D eigenvalue weighted by Crippen LogP contribution is -2.12. The van der Waals surface area contributed by atoms with Crippen LogP contribution in [0.2, 0.25) is 0 Å². The van der Waals surface area contributed by atoms with Gasteiger partial charge < -0.3 is 10.1 Å². The standard InChI is InChI=1S/C10H13F3N2OS/c11-10(12,13)8-6-15-9(17-8)14-4-3-7-2-1-5-16-7/h6-7H,1-5H2,(H,14,15). The van der Waals surface area contributed by atoms with Crippen LogP contribution in [-0.2, 0) is 10.9 Å². The van der Waals surface area contributed by atoms with E-state index in [9.17, 15) is 13.2 Å². The molecule has 0 amide bonds. The largest absolute Gasteiger partial charge is 0.427 e. The maximum absolute atomic E-state index is 12.3. The van der Waals surface area contributed by atoms with Crippen molar-refractivity contribution in [2.45, 2.75) is 31.5 Å². The number of nitrogens with one attached hydrogen (secondary N) is 1. The van der Waals surface area contributed by atoms with Gasteiger partial charge in [-0.3, -0.25) is 0 Å². The summed E-state index contributed by atoms with van der Waals surface area (Å²) >= 11 is 0.634. The Kier molecular flexibility index (Phi) is 3.88. The molecular weight excluding hydrogens is 253 g/mol. The van der Waals surface area contributed by atoms with Crippen LogP contribution in [0.4, 0.5) is 18.3 Å². The van der Waals surface area contributed by atoms with E-state index in [0.29, 0.717) is 23.0 Å². The Bertz CT molecular complexity index is 361. The van der Waals surface area contributed by atoms with Crippen LogP contribution >= 0.6 is 11.3 Å². The number of alkyl halides is 3. The third-order valence-electron chi connectivity index (χ3n) is 2.55. The molecule has 0 spiro atoms. The summed E-state index contributed by atoms with van der Waals surface area (Å²) in [5.74, 6) is 0. The Morgan fingerprint density at radius 1 is 1.53 bits per heavy atom. The van der Waals surface area contributed by atoms with Crippen LogP contribution in [0.3, 0.4) is 0 Å². The molecule has 1 aromatic heterocycles. The van der Waals surface area contributed by atoms with Gasteiger partial charge in [-0.05, 0) is 19.3 Å². The number of hydrogen-bond acceptors (Lipinski definition) is 4. The fourth-order valence-electron chi connectivity index (χ4n) is 1.70. The summed E-state index contributed by atoms with van der Waals surface area (Å²) in [6.07, 6.45) is -0.288. The maximum Gasteiger partial charge on any atom is 0.427 e. The van der Waals surface area contributed by atoms with Crippen molar-refractivity contribution in [3.63, 3.8) is 0 Å². The molecule has 1 aliphatic heterocycles. The highest BCUT2D eigenvalue weighted by Crippen LogP contribution is 2.34. The zero-order valence-electron chi connectivity index (χ0n) is 9.09. The van der Waals surface area contributed by atoms with Gasteiger partial charge in [0.1, 0.15) is 4.88 Å². The normalized spacial score (nSPS) is 20.8. The fourth-order valence-corrected chi connectivity index (χ4v) is 2.41. The van der Waals surface area contributed by atoms with Crippen LogP contribution < -0.4 is 5.32 Å². The van der Waals surface area contributed by atoms with E-state index in [1.54, 1.807) is 0 Å². The molecule has 1 atom stereocenters. The number of rotatable bonds is 4. The van der Waals surface area contributed by atoms with Crippen molar-refractivity contribution in [1.29, 1.82) is 0 Å². The highest BCUT2D eigenvalue weighted by atomic mass is 32.1. The van der Waals surface area contributed by atoms with Gasteiger partial charge in [-0.2, -0.15) is 13.2 Å². The smallest absolute Gasteiger partial charge is 0.378 e. The van der Waals surface area contributed by atoms with E-state index in [2.05, 4.69) is 10.3 Å². The zero-order valence-corrected chi connectivity index (χ0v) is 9.90. The second kappa shape index (κ2) is 5.22. The van der Waals surface area contributed by atoms with Crippen LogP contribution in [0.5, 0.6) is 0 Å². The minimum Gasteiger partial charge on any atom is -0.378 e. The maximum atomic E-state index is 12.3. The number of anilines is 1. The average Bonchev–Trinajstić information content (AvgIpc) is 2.86. The van der Waals surface area contributed by atoms with E-state index in [4.69, 9.17) is 4.74 Å². The fraction of sp³-hybridized carbons (Fsp3) is 0.700. The number of nitrogens with zero attached hydrogens (tertiary/aromatic N) is 1. The Labute approximate surface area is 101 Å². The summed E-state index contributed by atoms with van der Waals surface area (Å²) in [7, 11) is 0. The summed E-state index contributed by atoms with van der Waals surface area (Å²) in [4.78, 5) is 3.02. The molecule has 2 rings (SSSR count). The first kappa shape index (κ1) is 12.6. The number of aromatic nitrogens is 1. The first-order valence-corrected chi connectivity index (χ1v) is 6.26. The van der Waals surface area contributed by atoms with Gasteiger partial charge in [0.25, 0.3) is 0 Å². The molecule has 3 nitrogen and oxygen atoms in total. The first-order valence-electron chi connectivity index (χ1n) is 5.44. The SMILES string of the molecule is FC(F)(F)c1cnc(NCCC2CCCO2)s1. The van der Waals surface area contributed by atoms with E-state index in [1.165, 1.54) is 0 Å². The Morgan fingerprint density at radius 3 is 2.94 bits per heavy atom. The summed E-state index contributed by atoms with van der Waals surface area (Å²) in [5.41, 5.74) is 0. The summed E-state index contributed by atoms with van der Waals surface area (Å²) < 4.78 is 42.3. The molecule has 7 heteroatoms. The van der Waals surface area contributed by atoms with Crippen molar-refractivity contribution in [2.75, 3.05) is 18.5 Å². The molecule has 0 radical (unpaired) electrons. The van der Waals surface area contributed by atoms with Gasteiger partial charge in [-0.25, -0.2) is 4.98 Å². The monoisotopic (exact) mass is 266 g/mol. The van der Waals surface area contributed by atoms with Gasteiger partial charge in [-0.15, -0.1) is 0 Å². The number of thiazole rings is 1. The molecular formula is C10H13F3N2OS. The average molecular weight is 266 g/mol. The topological polar surface area (TPSA) is 34.2 Å². The molecule has 1 fully saturated rings. The zero-order chi connectivity index (χ0) is 12.3. The molecule has 1 aromatic rings. The van der Waals surface area contributed by atoms with Gasteiger partial charge in [0.05, 0.1) is 12.3 Å². The molecule has 0 bridgehead atoms. The van der Waals surface area contributed by atoms with Crippen LogP contribution in [0.25, 0.3) is 0 Å². The third kappa shape index (κ3) is 3.57. The van der Waals surface area contributed by atoms with E-state index < -0.39 is 11.1 Å². The Morgan fingerprint density at radius 2 is 2.35 bits per heavy atom. The van der Waals surface area contributed by atoms with E-state index >= 15 is 0 Å². The first-order chi connectivity index (χ1) is 8.05. The molecule has 96 valence electrons. The highest BCUT2D eigenvalue weighted by molar-refractivity contribution is 7.15. The quantitative estimate of drug-likeness (QED) is 0.909. The summed E-state index contributed by atoms with van der Waals surface area (Å²) in [6.45, 7) is 1.38. The van der Waals surface area contributed by atoms with Crippen LogP contribution in [0.1, 0.15) is 24.1 Å². The predicted octanol–water partition coefficient (Wildman–Crippen LogP) is 3.14. The van der Waals surface area contributed by atoms with E-state index in [1.807, 2.05) is 0 Å². The Hall–Kier alpha value is -0.820. The lowest BCUT2D eigenvalue weighted by Gasteiger charge is -2.08. The van der Waals surface area contributed by atoms with E-state index in [0.717, 1.165) is 32.1 Å². The minimum absolute atomic E-state index is 0.240. The van der Waals surface area contributed by atoms with Crippen molar-refractivity contribution in [3.8, 4) is 0 Å². The highest BCUT2D eigenvalue weighted by Gasteiger charge is 2.33. The predicted molar refractivity (Wildman–Crippen MR) is 59.2 cm³/mol. The second-order valence-corrected chi connectivity index (χ2v) is 4.91. The van der Waals surface area contributed by atoms with Crippen LogP contribution in [0, 0.1) is 0 Å². The van der Waals surface area contributed by atoms with Crippen molar-refractivity contribution < 1.29 is 17.9 Å². The molecule has 1 saturated heterocycles. The molecule has 0 aromatic carbocycles. The number of hydrogen-bond donors (Lipinski definition) is 1. The lowest BCUT2D eigenvalue weighted by molar-refractivity contribution is -0.134. The second-order valence-electron chi connectivity index (χ2n) is 3.88. The van der Waals surface area contributed by atoms with Crippen LogP contribution in [-0.4, -0.2) is 24.2 Å². The lowest BCUT2D eigenvalue weighted by atomic mass is 10.2. The third-order valence-corrected chi connectivity index (χ3v) is 3.55. The van der Waals surface area contributed by atoms with Gasteiger partial charge >= 0.3 is 6.18 Å². The van der Waals surface area contributed by atoms with Crippen molar-refractivity contribution in [1.82, 2.24) is 4.98 Å². The molecule has 2 heterocycles. The minimum atomic E-state index is -4.30. The van der Waals surface area contributed by atoms with Crippen molar-refractivity contribution in [3.05, 3.63) is 11.1 Å². The summed E-state index contributed by atoms with van der Waals surface area (Å²) in [6, 6.07) is 0. The van der Waals surface area contributed by atoms with Gasteiger partial charge in [0, 0.05) is 13.2 Å². The van der Waals surface area contributed by atoms with Crippen molar-refractivity contribution in [2.24, 2.45) is 0 Å².